The Labute approximate surface area is 179 Å². The summed E-state index contributed by atoms with van der Waals surface area (Å²) in [5.74, 6) is -0.751. The Morgan fingerprint density at radius 3 is 2.60 bits per heavy atom. The summed E-state index contributed by atoms with van der Waals surface area (Å²) in [6.45, 7) is 2.25. The number of carbonyl (C=O) groups is 1. The van der Waals surface area contributed by atoms with Crippen LogP contribution in [0.1, 0.15) is 68.8 Å². The van der Waals surface area contributed by atoms with Crippen LogP contribution in [0.5, 0.6) is 0 Å². The lowest BCUT2D eigenvalue weighted by Crippen LogP contribution is -2.52. The van der Waals surface area contributed by atoms with E-state index in [0.29, 0.717) is 25.3 Å². The van der Waals surface area contributed by atoms with Crippen LogP contribution in [0, 0.1) is 5.92 Å². The molecule has 0 saturated heterocycles. The molecular weight excluding hydrogens is 406 g/mol. The van der Waals surface area contributed by atoms with Crippen LogP contribution in [-0.4, -0.2) is 60.1 Å². The number of sulfonamides is 1. The second-order valence-electron chi connectivity index (χ2n) is 8.12. The van der Waals surface area contributed by atoms with Crippen molar-refractivity contribution in [2.45, 2.75) is 76.5 Å². The smallest absolute Gasteiger partial charge is 0.270 e. The Kier molecular flexibility index (Phi) is 10.2. The zero-order chi connectivity index (χ0) is 22.0. The molecule has 0 aliphatic heterocycles. The van der Waals surface area contributed by atoms with E-state index in [1.165, 1.54) is 12.6 Å². The molecule has 2 rings (SSSR count). The monoisotopic (exact) mass is 441 g/mol. The van der Waals surface area contributed by atoms with E-state index < -0.39 is 39.9 Å². The number of aliphatic hydroxyl groups excluding tert-OH is 2. The number of aromatic nitrogens is 1. The Bertz CT molecular complexity index is 738. The van der Waals surface area contributed by atoms with E-state index in [0.717, 1.165) is 32.1 Å². The number of amides is 1. The van der Waals surface area contributed by atoms with Crippen LogP contribution >= 0.6 is 0 Å². The molecule has 0 bridgehead atoms. The predicted octanol–water partition coefficient (Wildman–Crippen LogP) is 1.59. The second-order valence-corrected chi connectivity index (χ2v) is 9.97. The third-order valence-electron chi connectivity index (χ3n) is 5.57. The van der Waals surface area contributed by atoms with Crippen LogP contribution in [0.2, 0.25) is 0 Å². The van der Waals surface area contributed by atoms with E-state index >= 15 is 0 Å². The average Bonchev–Trinajstić information content (AvgIpc) is 2.73. The molecule has 8 nitrogen and oxygen atoms in total. The zero-order valence-corrected chi connectivity index (χ0v) is 18.5. The van der Waals surface area contributed by atoms with E-state index in [-0.39, 0.29) is 5.69 Å². The Balaban J connectivity index is 2.06. The van der Waals surface area contributed by atoms with E-state index in [2.05, 4.69) is 15.0 Å². The van der Waals surface area contributed by atoms with Crippen molar-refractivity contribution in [1.29, 1.82) is 0 Å². The van der Waals surface area contributed by atoms with Crippen LogP contribution in [0.15, 0.2) is 24.4 Å². The molecule has 1 saturated carbocycles. The normalized spacial score (nSPS) is 18.5. The van der Waals surface area contributed by atoms with Gasteiger partial charge in [0.15, 0.2) is 0 Å². The second kappa shape index (κ2) is 12.3. The number of hydrogen-bond acceptors (Lipinski definition) is 6. The molecule has 0 aromatic carbocycles. The van der Waals surface area contributed by atoms with Gasteiger partial charge in [-0.2, -0.15) is 0 Å². The van der Waals surface area contributed by atoms with E-state index in [1.807, 2.05) is 6.92 Å². The number of nitrogens with zero attached hydrogens (tertiary/aromatic N) is 1. The van der Waals surface area contributed by atoms with Gasteiger partial charge in [-0.25, -0.2) is 13.1 Å². The average molecular weight is 442 g/mol. The van der Waals surface area contributed by atoms with E-state index in [4.69, 9.17) is 0 Å². The summed E-state index contributed by atoms with van der Waals surface area (Å²) in [7, 11) is -3.73. The van der Waals surface area contributed by atoms with Gasteiger partial charge in [-0.05, 0) is 30.9 Å². The van der Waals surface area contributed by atoms with Gasteiger partial charge in [-0.15, -0.1) is 0 Å². The summed E-state index contributed by atoms with van der Waals surface area (Å²) in [5, 5.41) is 24.0. The highest BCUT2D eigenvalue weighted by molar-refractivity contribution is 7.89. The standard InChI is InChI=1S/C21H35N3O5S/c1-2-3-13-23-30(28,29)15-19(25)20(26)18(14-16-9-5-4-6-10-16)24-21(27)17-11-7-8-12-22-17/h7-8,11-12,16,18-20,23,25-26H,2-6,9-10,13-15H2,1H3,(H,24,27)/t18-,19-,20+/m0/s1. The number of unbranched alkanes of at least 4 members (excludes halogenated alkanes) is 1. The third kappa shape index (κ3) is 8.29. The fraction of sp³-hybridized carbons (Fsp3) is 0.714. The largest absolute Gasteiger partial charge is 0.389 e. The SMILES string of the molecule is CCCCNS(=O)(=O)C[C@H](O)[C@H](O)[C@H](CC1CCCCC1)NC(=O)c1ccccn1. The Morgan fingerprint density at radius 1 is 1.23 bits per heavy atom. The number of pyridine rings is 1. The molecule has 3 atom stereocenters. The lowest BCUT2D eigenvalue weighted by Gasteiger charge is -2.32. The van der Waals surface area contributed by atoms with Gasteiger partial charge < -0.3 is 15.5 Å². The number of carbonyl (C=O) groups excluding carboxylic acids is 1. The van der Waals surface area contributed by atoms with Crippen molar-refractivity contribution in [3.05, 3.63) is 30.1 Å². The molecule has 4 N–H and O–H groups in total. The van der Waals surface area contributed by atoms with Gasteiger partial charge in [0.1, 0.15) is 11.8 Å². The predicted molar refractivity (Wildman–Crippen MR) is 115 cm³/mol. The molecule has 0 unspecified atom stereocenters. The minimum absolute atomic E-state index is 0.210. The minimum atomic E-state index is -3.73. The van der Waals surface area contributed by atoms with Crippen molar-refractivity contribution in [1.82, 2.24) is 15.0 Å². The molecule has 1 aromatic heterocycles. The molecule has 1 aliphatic rings. The summed E-state index contributed by atoms with van der Waals surface area (Å²) in [6.07, 6.45) is 5.98. The van der Waals surface area contributed by atoms with Crippen molar-refractivity contribution in [3.8, 4) is 0 Å². The van der Waals surface area contributed by atoms with Gasteiger partial charge in [-0.3, -0.25) is 9.78 Å². The molecule has 0 radical (unpaired) electrons. The molecule has 30 heavy (non-hydrogen) atoms. The van der Waals surface area contributed by atoms with Gasteiger partial charge in [0.2, 0.25) is 10.0 Å². The molecule has 1 aliphatic carbocycles. The number of rotatable bonds is 12. The molecule has 1 aromatic rings. The van der Waals surface area contributed by atoms with Crippen LogP contribution in [0.3, 0.4) is 0 Å². The third-order valence-corrected chi connectivity index (χ3v) is 7.00. The summed E-state index contributed by atoms with van der Waals surface area (Å²) in [5.41, 5.74) is 0.210. The van der Waals surface area contributed by atoms with Crippen molar-refractivity contribution in [2.75, 3.05) is 12.3 Å². The Hall–Kier alpha value is -1.55. The van der Waals surface area contributed by atoms with E-state index in [1.54, 1.807) is 18.2 Å². The number of nitrogens with one attached hydrogen (secondary N) is 2. The Morgan fingerprint density at radius 2 is 1.97 bits per heavy atom. The highest BCUT2D eigenvalue weighted by Gasteiger charge is 2.33. The summed E-state index contributed by atoms with van der Waals surface area (Å²) in [6, 6.07) is 4.20. The van der Waals surface area contributed by atoms with Gasteiger partial charge in [0.25, 0.3) is 5.91 Å². The van der Waals surface area contributed by atoms with Crippen molar-refractivity contribution in [3.63, 3.8) is 0 Å². The molecule has 1 heterocycles. The quantitative estimate of drug-likeness (QED) is 0.365. The first kappa shape index (κ1) is 24.7. The maximum Gasteiger partial charge on any atom is 0.270 e. The number of aliphatic hydroxyl groups is 2. The molecule has 9 heteroatoms. The molecule has 1 amide bonds. The fourth-order valence-electron chi connectivity index (χ4n) is 3.86. The fourth-order valence-corrected chi connectivity index (χ4v) is 5.08. The lowest BCUT2D eigenvalue weighted by atomic mass is 9.83. The van der Waals surface area contributed by atoms with Crippen LogP contribution < -0.4 is 10.0 Å². The summed E-state index contributed by atoms with van der Waals surface area (Å²) >= 11 is 0. The zero-order valence-electron chi connectivity index (χ0n) is 17.7. The number of hydrogen-bond donors (Lipinski definition) is 4. The maximum absolute atomic E-state index is 12.6. The van der Waals surface area contributed by atoms with Gasteiger partial charge in [-0.1, -0.05) is 51.5 Å². The van der Waals surface area contributed by atoms with Crippen LogP contribution in [0.25, 0.3) is 0 Å². The molecule has 170 valence electrons. The molecular formula is C21H35N3O5S. The summed E-state index contributed by atoms with van der Waals surface area (Å²) in [4.78, 5) is 16.6. The van der Waals surface area contributed by atoms with Gasteiger partial charge >= 0.3 is 0 Å². The van der Waals surface area contributed by atoms with Crippen LogP contribution in [0.4, 0.5) is 0 Å². The first-order chi connectivity index (χ1) is 14.3. The first-order valence-corrected chi connectivity index (χ1v) is 12.5. The van der Waals surface area contributed by atoms with E-state index in [9.17, 15) is 23.4 Å². The lowest BCUT2D eigenvalue weighted by molar-refractivity contribution is 0.00195. The maximum atomic E-state index is 12.6. The topological polar surface area (TPSA) is 129 Å². The van der Waals surface area contributed by atoms with Crippen molar-refractivity contribution >= 4 is 15.9 Å². The molecule has 0 spiro atoms. The van der Waals surface area contributed by atoms with Crippen molar-refractivity contribution in [2.24, 2.45) is 5.92 Å². The van der Waals surface area contributed by atoms with Crippen LogP contribution in [-0.2, 0) is 10.0 Å². The first-order valence-electron chi connectivity index (χ1n) is 10.9. The van der Waals surface area contributed by atoms with Crippen molar-refractivity contribution < 1.29 is 23.4 Å². The van der Waals surface area contributed by atoms with Gasteiger partial charge in [0.05, 0.1) is 17.9 Å². The highest BCUT2D eigenvalue weighted by Crippen LogP contribution is 2.28. The molecule has 1 fully saturated rings. The van der Waals surface area contributed by atoms with Gasteiger partial charge in [0, 0.05) is 12.7 Å². The minimum Gasteiger partial charge on any atom is -0.389 e. The highest BCUT2D eigenvalue weighted by atomic mass is 32.2. The summed E-state index contributed by atoms with van der Waals surface area (Å²) < 4.78 is 26.8.